The zero-order valence-electron chi connectivity index (χ0n) is 12.1. The highest BCUT2D eigenvalue weighted by atomic mass is 32.1. The number of aromatic nitrogens is 1. The normalized spacial score (nSPS) is 20.5. The molecule has 1 fully saturated rings. The molecule has 1 amide bonds. The lowest BCUT2D eigenvalue weighted by Gasteiger charge is -2.36. The van der Waals surface area contributed by atoms with Gasteiger partial charge in [0.15, 0.2) is 0 Å². The average molecular weight is 282 g/mol. The molecule has 1 aliphatic heterocycles. The Bertz CT molecular complexity index is 457. The number of likely N-dealkylation sites (N-methyl/N-ethyl adjacent to an activating group) is 1. The largest absolute Gasteiger partial charge is 0.347 e. The quantitative estimate of drug-likeness (QED) is 0.883. The molecule has 1 N–H and O–H groups in total. The maximum absolute atomic E-state index is 12.2. The second-order valence-corrected chi connectivity index (χ2v) is 6.45. The zero-order chi connectivity index (χ0) is 14.0. The predicted octanol–water partition coefficient (Wildman–Crippen LogP) is 0.622. The van der Waals surface area contributed by atoms with E-state index in [1.54, 1.807) is 16.2 Å². The SMILES string of the molecule is Cc1nc(C)c(CN2CCNCC2C(=O)N(C)C)s1. The van der Waals surface area contributed by atoms with E-state index < -0.39 is 0 Å². The van der Waals surface area contributed by atoms with E-state index in [2.05, 4.69) is 15.2 Å². The van der Waals surface area contributed by atoms with Crippen molar-refractivity contribution in [1.82, 2.24) is 20.1 Å². The molecule has 2 heterocycles. The zero-order valence-corrected chi connectivity index (χ0v) is 12.9. The highest BCUT2D eigenvalue weighted by Gasteiger charge is 2.30. The van der Waals surface area contributed by atoms with Crippen LogP contribution >= 0.6 is 11.3 Å². The van der Waals surface area contributed by atoms with Crippen molar-refractivity contribution in [3.05, 3.63) is 15.6 Å². The Morgan fingerprint density at radius 3 is 2.84 bits per heavy atom. The van der Waals surface area contributed by atoms with Gasteiger partial charge in [0.1, 0.15) is 6.04 Å². The molecule has 0 radical (unpaired) electrons. The summed E-state index contributed by atoms with van der Waals surface area (Å²) in [4.78, 5) is 21.9. The van der Waals surface area contributed by atoms with Gasteiger partial charge in [0.2, 0.25) is 5.91 Å². The van der Waals surface area contributed by atoms with E-state index >= 15 is 0 Å². The molecule has 0 spiro atoms. The highest BCUT2D eigenvalue weighted by Crippen LogP contribution is 2.21. The first-order valence-electron chi connectivity index (χ1n) is 6.58. The summed E-state index contributed by atoms with van der Waals surface area (Å²) < 4.78 is 0. The molecule has 1 atom stereocenters. The van der Waals surface area contributed by atoms with E-state index in [-0.39, 0.29) is 11.9 Å². The third-order valence-corrected chi connectivity index (χ3v) is 4.48. The number of nitrogens with zero attached hydrogens (tertiary/aromatic N) is 3. The van der Waals surface area contributed by atoms with Gasteiger partial charge in [-0.1, -0.05) is 0 Å². The minimum Gasteiger partial charge on any atom is -0.347 e. The van der Waals surface area contributed by atoms with Crippen molar-refractivity contribution in [2.75, 3.05) is 33.7 Å². The van der Waals surface area contributed by atoms with Crippen LogP contribution in [0.15, 0.2) is 0 Å². The second kappa shape index (κ2) is 5.98. The molecule has 0 saturated carbocycles. The predicted molar refractivity (Wildman–Crippen MR) is 77.3 cm³/mol. The minimum atomic E-state index is -0.0643. The van der Waals surface area contributed by atoms with Crippen LogP contribution in [0, 0.1) is 13.8 Å². The Morgan fingerprint density at radius 1 is 1.53 bits per heavy atom. The van der Waals surface area contributed by atoms with Gasteiger partial charge in [0.05, 0.1) is 10.7 Å². The summed E-state index contributed by atoms with van der Waals surface area (Å²) in [6.45, 7) is 7.47. The van der Waals surface area contributed by atoms with Crippen LogP contribution in [0.1, 0.15) is 15.6 Å². The molecule has 1 aromatic rings. The maximum atomic E-state index is 12.2. The van der Waals surface area contributed by atoms with Gasteiger partial charge in [-0.15, -0.1) is 11.3 Å². The molecule has 1 unspecified atom stereocenters. The summed E-state index contributed by atoms with van der Waals surface area (Å²) in [5.41, 5.74) is 1.09. The number of hydrogen-bond acceptors (Lipinski definition) is 5. The lowest BCUT2D eigenvalue weighted by atomic mass is 10.1. The Hall–Kier alpha value is -0.980. The molecular weight excluding hydrogens is 260 g/mol. The van der Waals surface area contributed by atoms with Gasteiger partial charge in [-0.2, -0.15) is 0 Å². The fraction of sp³-hybridized carbons (Fsp3) is 0.692. The number of carbonyl (C=O) groups excluding carboxylic acids is 1. The van der Waals surface area contributed by atoms with Gasteiger partial charge >= 0.3 is 0 Å². The van der Waals surface area contributed by atoms with Crippen LogP contribution in [0.5, 0.6) is 0 Å². The summed E-state index contributed by atoms with van der Waals surface area (Å²) in [5.74, 6) is 0.172. The first-order valence-corrected chi connectivity index (χ1v) is 7.39. The van der Waals surface area contributed by atoms with E-state index in [4.69, 9.17) is 0 Å². The van der Waals surface area contributed by atoms with Crippen molar-refractivity contribution in [2.45, 2.75) is 26.4 Å². The second-order valence-electron chi connectivity index (χ2n) is 5.16. The number of amides is 1. The van der Waals surface area contributed by atoms with Crippen molar-refractivity contribution in [2.24, 2.45) is 0 Å². The number of carbonyl (C=O) groups is 1. The molecule has 0 aliphatic carbocycles. The van der Waals surface area contributed by atoms with Crippen LogP contribution in [-0.4, -0.2) is 60.5 Å². The molecule has 6 heteroatoms. The molecule has 1 aliphatic rings. The van der Waals surface area contributed by atoms with E-state index in [0.29, 0.717) is 0 Å². The number of rotatable bonds is 3. The van der Waals surface area contributed by atoms with Gasteiger partial charge < -0.3 is 10.2 Å². The van der Waals surface area contributed by atoms with Gasteiger partial charge in [-0.05, 0) is 13.8 Å². The topological polar surface area (TPSA) is 48.5 Å². The van der Waals surface area contributed by atoms with Crippen molar-refractivity contribution in [3.8, 4) is 0 Å². The van der Waals surface area contributed by atoms with Crippen molar-refractivity contribution in [3.63, 3.8) is 0 Å². The van der Waals surface area contributed by atoms with Crippen LogP contribution in [-0.2, 0) is 11.3 Å². The summed E-state index contributed by atoms with van der Waals surface area (Å²) in [6, 6.07) is -0.0643. The average Bonchev–Trinajstić information content (AvgIpc) is 2.67. The summed E-state index contributed by atoms with van der Waals surface area (Å²) in [7, 11) is 3.63. The molecule has 106 valence electrons. The number of aryl methyl sites for hydroxylation is 2. The Labute approximate surface area is 118 Å². The van der Waals surface area contributed by atoms with E-state index in [1.165, 1.54) is 4.88 Å². The van der Waals surface area contributed by atoms with Crippen LogP contribution in [0.2, 0.25) is 0 Å². The van der Waals surface area contributed by atoms with Crippen molar-refractivity contribution in [1.29, 1.82) is 0 Å². The Morgan fingerprint density at radius 2 is 2.26 bits per heavy atom. The number of piperazine rings is 1. The fourth-order valence-electron chi connectivity index (χ4n) is 2.38. The van der Waals surface area contributed by atoms with Crippen LogP contribution in [0.25, 0.3) is 0 Å². The monoisotopic (exact) mass is 282 g/mol. The third-order valence-electron chi connectivity index (χ3n) is 3.43. The Balaban J connectivity index is 2.12. The molecule has 0 aromatic carbocycles. The molecule has 0 bridgehead atoms. The smallest absolute Gasteiger partial charge is 0.240 e. The van der Waals surface area contributed by atoms with Gasteiger partial charge in [-0.3, -0.25) is 9.69 Å². The van der Waals surface area contributed by atoms with Crippen LogP contribution in [0.4, 0.5) is 0 Å². The van der Waals surface area contributed by atoms with Crippen molar-refractivity contribution < 1.29 is 4.79 Å². The fourth-order valence-corrected chi connectivity index (χ4v) is 3.34. The molecular formula is C13H22N4OS. The number of nitrogens with one attached hydrogen (secondary N) is 1. The molecule has 19 heavy (non-hydrogen) atoms. The summed E-state index contributed by atoms with van der Waals surface area (Å²) in [6.07, 6.45) is 0. The van der Waals surface area contributed by atoms with Crippen LogP contribution < -0.4 is 5.32 Å². The molecule has 5 nitrogen and oxygen atoms in total. The minimum absolute atomic E-state index is 0.0643. The standard InChI is InChI=1S/C13H22N4OS/c1-9-12(19-10(2)15-9)8-17-6-5-14-7-11(17)13(18)16(3)4/h11,14H,5-8H2,1-4H3. The van der Waals surface area contributed by atoms with E-state index in [9.17, 15) is 4.79 Å². The lowest BCUT2D eigenvalue weighted by Crippen LogP contribution is -2.57. The van der Waals surface area contributed by atoms with Gasteiger partial charge in [0, 0.05) is 45.2 Å². The molecule has 1 saturated heterocycles. The van der Waals surface area contributed by atoms with Gasteiger partial charge in [0.25, 0.3) is 0 Å². The molecule has 1 aromatic heterocycles. The number of hydrogen-bond donors (Lipinski definition) is 1. The highest BCUT2D eigenvalue weighted by molar-refractivity contribution is 7.11. The van der Waals surface area contributed by atoms with Crippen LogP contribution in [0.3, 0.4) is 0 Å². The van der Waals surface area contributed by atoms with Gasteiger partial charge in [-0.25, -0.2) is 4.98 Å². The first-order chi connectivity index (χ1) is 8.99. The first kappa shape index (κ1) is 14.4. The Kier molecular flexibility index (Phi) is 4.54. The summed E-state index contributed by atoms with van der Waals surface area (Å²) in [5, 5.41) is 4.40. The van der Waals surface area contributed by atoms with E-state index in [0.717, 1.165) is 36.9 Å². The summed E-state index contributed by atoms with van der Waals surface area (Å²) >= 11 is 1.73. The maximum Gasteiger partial charge on any atom is 0.240 e. The van der Waals surface area contributed by atoms with Crippen molar-refractivity contribution >= 4 is 17.2 Å². The number of thiazole rings is 1. The van der Waals surface area contributed by atoms with E-state index in [1.807, 2.05) is 27.9 Å². The molecule has 2 rings (SSSR count). The third kappa shape index (κ3) is 3.32. The lowest BCUT2D eigenvalue weighted by molar-refractivity contribution is -0.135.